The van der Waals surface area contributed by atoms with Gasteiger partial charge in [-0.2, -0.15) is 0 Å². The van der Waals surface area contributed by atoms with Gasteiger partial charge in [-0.25, -0.2) is 0 Å². The molecular weight excluding hydrogens is 296 g/mol. The van der Waals surface area contributed by atoms with Crippen molar-refractivity contribution in [3.63, 3.8) is 0 Å². The number of hydrogen-bond donors (Lipinski definition) is 0. The zero-order valence-corrected chi connectivity index (χ0v) is 12.3. The molecule has 0 spiro atoms. The van der Waals surface area contributed by atoms with Gasteiger partial charge in [0.2, 0.25) is 5.91 Å². The number of amides is 1. The van der Waals surface area contributed by atoms with Crippen LogP contribution in [0.5, 0.6) is 0 Å². The Morgan fingerprint density at radius 1 is 1.33 bits per heavy atom. The lowest BCUT2D eigenvalue weighted by Crippen LogP contribution is -2.48. The van der Waals surface area contributed by atoms with Gasteiger partial charge < -0.3 is 19.9 Å². The zero-order valence-electron chi connectivity index (χ0n) is 11.6. The summed E-state index contributed by atoms with van der Waals surface area (Å²) < 4.78 is 0. The smallest absolute Gasteiger partial charge is 0.363 e. The van der Waals surface area contributed by atoms with Crippen LogP contribution in [0.25, 0.3) is 0 Å². The second kappa shape index (κ2) is 7.21. The highest BCUT2D eigenvalue weighted by Gasteiger charge is 2.21. The first kappa shape index (κ1) is 15.5. The van der Waals surface area contributed by atoms with Crippen LogP contribution < -0.4 is 4.90 Å². The second-order valence-corrected chi connectivity index (χ2v) is 5.17. The summed E-state index contributed by atoms with van der Waals surface area (Å²) in [5.41, 5.74) is 0.841. The molecule has 1 aliphatic heterocycles. The minimum Gasteiger partial charge on any atom is -0.365 e. The molecule has 2 rings (SSSR count). The highest BCUT2D eigenvalue weighted by Crippen LogP contribution is 2.18. The summed E-state index contributed by atoms with van der Waals surface area (Å²) in [6.45, 7) is 2.70. The second-order valence-electron chi connectivity index (χ2n) is 4.79. The molecule has 1 aromatic heterocycles. The van der Waals surface area contributed by atoms with Crippen LogP contribution in [0.1, 0.15) is 12.8 Å². The first-order chi connectivity index (χ1) is 10.1. The molecule has 114 valence electrons. The first-order valence-electron chi connectivity index (χ1n) is 6.81. The molecule has 0 saturated carbocycles. The van der Waals surface area contributed by atoms with Crippen molar-refractivity contribution in [2.75, 3.05) is 37.0 Å². The zero-order chi connectivity index (χ0) is 15.2. The van der Waals surface area contributed by atoms with E-state index in [0.29, 0.717) is 44.9 Å². The average Bonchev–Trinajstić information content (AvgIpc) is 2.53. The Balaban J connectivity index is 1.88. The van der Waals surface area contributed by atoms with Crippen molar-refractivity contribution in [3.8, 4) is 0 Å². The molecule has 0 aromatic carbocycles. The number of carbonyl (C=O) groups excluding carboxylic acids is 1. The number of carbonyl (C=O) groups is 1. The van der Waals surface area contributed by atoms with Gasteiger partial charge in [0.1, 0.15) is 0 Å². The molecule has 0 atom stereocenters. The number of hydrogen-bond acceptors (Lipinski definition) is 5. The van der Waals surface area contributed by atoms with Gasteiger partial charge in [0.15, 0.2) is 6.20 Å². The Morgan fingerprint density at radius 2 is 2.05 bits per heavy atom. The van der Waals surface area contributed by atoms with Gasteiger partial charge >= 0.3 is 5.82 Å². The van der Waals surface area contributed by atoms with Gasteiger partial charge in [-0.15, -0.1) is 11.6 Å². The molecule has 1 aliphatic rings. The van der Waals surface area contributed by atoms with E-state index in [0.717, 1.165) is 5.69 Å². The van der Waals surface area contributed by atoms with Crippen molar-refractivity contribution in [1.82, 2.24) is 9.88 Å². The summed E-state index contributed by atoms with van der Waals surface area (Å²) in [6.07, 6.45) is 2.69. The first-order valence-corrected chi connectivity index (χ1v) is 7.34. The number of piperazine rings is 1. The third kappa shape index (κ3) is 4.04. The molecule has 0 N–H and O–H groups in total. The molecule has 0 bridgehead atoms. The van der Waals surface area contributed by atoms with Crippen LogP contribution in [0.4, 0.5) is 11.5 Å². The van der Waals surface area contributed by atoms with E-state index in [-0.39, 0.29) is 11.7 Å². The Kier molecular flexibility index (Phi) is 5.32. The molecule has 8 heteroatoms. The van der Waals surface area contributed by atoms with Crippen LogP contribution in [-0.4, -0.2) is 52.8 Å². The Bertz CT molecular complexity index is 501. The molecule has 0 aliphatic carbocycles. The number of halogens is 1. The van der Waals surface area contributed by atoms with E-state index in [1.54, 1.807) is 6.07 Å². The maximum atomic E-state index is 11.9. The molecule has 1 fully saturated rings. The molecule has 2 heterocycles. The van der Waals surface area contributed by atoms with E-state index in [9.17, 15) is 14.9 Å². The molecule has 7 nitrogen and oxygen atoms in total. The molecule has 1 saturated heterocycles. The number of aromatic nitrogens is 1. The van der Waals surface area contributed by atoms with E-state index in [4.69, 9.17) is 11.6 Å². The molecule has 0 radical (unpaired) electrons. The quantitative estimate of drug-likeness (QED) is 0.469. The molecular formula is C13H17ClN4O3. The van der Waals surface area contributed by atoms with Crippen LogP contribution in [0, 0.1) is 10.1 Å². The van der Waals surface area contributed by atoms with Crippen molar-refractivity contribution in [1.29, 1.82) is 0 Å². The fourth-order valence-corrected chi connectivity index (χ4v) is 2.40. The topological polar surface area (TPSA) is 79.6 Å². The average molecular weight is 313 g/mol. The maximum Gasteiger partial charge on any atom is 0.363 e. The monoisotopic (exact) mass is 312 g/mol. The van der Waals surface area contributed by atoms with Crippen molar-refractivity contribution in [2.24, 2.45) is 0 Å². The van der Waals surface area contributed by atoms with E-state index in [1.165, 1.54) is 12.3 Å². The lowest BCUT2D eigenvalue weighted by Gasteiger charge is -2.35. The minimum absolute atomic E-state index is 0.136. The highest BCUT2D eigenvalue weighted by molar-refractivity contribution is 6.17. The van der Waals surface area contributed by atoms with Gasteiger partial charge in [-0.3, -0.25) is 4.79 Å². The maximum absolute atomic E-state index is 11.9. The van der Waals surface area contributed by atoms with Gasteiger partial charge in [-0.05, 0) is 22.4 Å². The lowest BCUT2D eigenvalue weighted by molar-refractivity contribution is -0.389. The van der Waals surface area contributed by atoms with E-state index in [1.807, 2.05) is 4.90 Å². The third-order valence-electron chi connectivity index (χ3n) is 3.44. The Morgan fingerprint density at radius 3 is 2.57 bits per heavy atom. The van der Waals surface area contributed by atoms with Gasteiger partial charge in [0.05, 0.1) is 5.69 Å². The number of nitrogens with zero attached hydrogens (tertiary/aromatic N) is 4. The van der Waals surface area contributed by atoms with E-state index < -0.39 is 4.92 Å². The standard InChI is InChI=1S/C13H17ClN4O3/c14-5-1-2-13(19)17-8-6-16(7-9-17)11-3-4-12(15-10-11)18(20)21/h3-4,10H,1-2,5-9H2. The summed E-state index contributed by atoms with van der Waals surface area (Å²) in [6, 6.07) is 3.09. The number of nitro groups is 1. The van der Waals surface area contributed by atoms with Crippen LogP contribution in [-0.2, 0) is 4.79 Å². The van der Waals surface area contributed by atoms with E-state index in [2.05, 4.69) is 9.88 Å². The lowest BCUT2D eigenvalue weighted by atomic mass is 10.2. The molecule has 0 unspecified atom stereocenters. The highest BCUT2D eigenvalue weighted by atomic mass is 35.5. The fourth-order valence-electron chi connectivity index (χ4n) is 2.26. The molecule has 1 aromatic rings. The molecule has 1 amide bonds. The summed E-state index contributed by atoms with van der Waals surface area (Å²) >= 11 is 5.59. The van der Waals surface area contributed by atoms with Crippen LogP contribution in [0.2, 0.25) is 0 Å². The normalized spacial score (nSPS) is 15.1. The van der Waals surface area contributed by atoms with E-state index >= 15 is 0 Å². The Hall–Kier alpha value is -1.89. The van der Waals surface area contributed by atoms with Crippen molar-refractivity contribution < 1.29 is 9.72 Å². The van der Waals surface area contributed by atoms with Crippen molar-refractivity contribution in [3.05, 3.63) is 28.4 Å². The van der Waals surface area contributed by atoms with Gasteiger partial charge in [0, 0.05) is 44.5 Å². The largest absolute Gasteiger partial charge is 0.365 e. The van der Waals surface area contributed by atoms with Crippen LogP contribution >= 0.6 is 11.6 Å². The predicted octanol–water partition coefficient (Wildman–Crippen LogP) is 1.66. The summed E-state index contributed by atoms with van der Waals surface area (Å²) in [7, 11) is 0. The summed E-state index contributed by atoms with van der Waals surface area (Å²) in [5, 5.41) is 10.6. The number of alkyl halides is 1. The fraction of sp³-hybridized carbons (Fsp3) is 0.538. The number of pyridine rings is 1. The SMILES string of the molecule is O=C(CCCCl)N1CCN(c2ccc([N+](=O)[O-])nc2)CC1. The van der Waals surface area contributed by atoms with Gasteiger partial charge in [0.25, 0.3) is 0 Å². The third-order valence-corrected chi connectivity index (χ3v) is 3.71. The Labute approximate surface area is 127 Å². The van der Waals surface area contributed by atoms with Gasteiger partial charge in [-0.1, -0.05) is 0 Å². The van der Waals surface area contributed by atoms with Crippen LogP contribution in [0.3, 0.4) is 0 Å². The van der Waals surface area contributed by atoms with Crippen LogP contribution in [0.15, 0.2) is 18.3 Å². The van der Waals surface area contributed by atoms with Crippen molar-refractivity contribution >= 4 is 29.0 Å². The number of anilines is 1. The molecule has 21 heavy (non-hydrogen) atoms. The summed E-state index contributed by atoms with van der Waals surface area (Å²) in [5.74, 6) is 0.478. The number of rotatable bonds is 5. The minimum atomic E-state index is -0.517. The predicted molar refractivity (Wildman–Crippen MR) is 79.6 cm³/mol. The summed E-state index contributed by atoms with van der Waals surface area (Å²) in [4.78, 5) is 29.7. The van der Waals surface area contributed by atoms with Crippen molar-refractivity contribution in [2.45, 2.75) is 12.8 Å².